The SMILES string of the molecule is O=C(O)[C@H]1O[C@H](O[C@@H]2CO[C@H](CO)[C@@H](O)[C@@H]2O)[C@H](O)[C@@H](O)[C@@H]1O. The van der Waals surface area contributed by atoms with Crippen molar-refractivity contribution in [3.8, 4) is 0 Å². The second-order valence-corrected chi connectivity index (χ2v) is 5.45. The molecule has 0 bridgehead atoms. The molecule has 2 aliphatic heterocycles. The highest BCUT2D eigenvalue weighted by molar-refractivity contribution is 5.73. The van der Waals surface area contributed by atoms with Crippen LogP contribution >= 0.6 is 0 Å². The van der Waals surface area contributed by atoms with Gasteiger partial charge in [-0.15, -0.1) is 0 Å². The molecule has 0 spiro atoms. The number of carboxylic acid groups (broad SMARTS) is 1. The third-order valence-electron chi connectivity index (χ3n) is 3.89. The first-order chi connectivity index (χ1) is 10.8. The number of aliphatic hydroxyl groups excluding tert-OH is 6. The first-order valence-electron chi connectivity index (χ1n) is 6.94. The normalized spacial score (nSPS) is 48.2. The molecule has 7 N–H and O–H groups in total. The maximum absolute atomic E-state index is 11.0. The summed E-state index contributed by atoms with van der Waals surface area (Å²) in [6.45, 7) is -0.800. The van der Waals surface area contributed by atoms with E-state index < -0.39 is 67.7 Å². The molecule has 2 aliphatic rings. The molecule has 0 radical (unpaired) electrons. The Morgan fingerprint density at radius 1 is 1.00 bits per heavy atom. The van der Waals surface area contributed by atoms with Crippen molar-refractivity contribution < 1.29 is 54.8 Å². The van der Waals surface area contributed by atoms with E-state index >= 15 is 0 Å². The molecule has 11 nitrogen and oxygen atoms in total. The lowest BCUT2D eigenvalue weighted by atomic mass is 9.98. The average molecular weight is 340 g/mol. The molecule has 0 unspecified atom stereocenters. The van der Waals surface area contributed by atoms with Gasteiger partial charge in [-0.1, -0.05) is 0 Å². The van der Waals surface area contributed by atoms with Gasteiger partial charge in [0.2, 0.25) is 0 Å². The maximum atomic E-state index is 11.0. The summed E-state index contributed by atoms with van der Waals surface area (Å²) in [5, 5.41) is 66.6. The lowest BCUT2D eigenvalue weighted by Gasteiger charge is -2.42. The molecule has 0 saturated carbocycles. The van der Waals surface area contributed by atoms with Crippen molar-refractivity contribution in [2.45, 2.75) is 55.1 Å². The Labute approximate surface area is 130 Å². The van der Waals surface area contributed by atoms with Crippen molar-refractivity contribution >= 4 is 5.97 Å². The molecule has 2 heterocycles. The van der Waals surface area contributed by atoms with Crippen LogP contribution in [0.4, 0.5) is 0 Å². The molecule has 0 aromatic heterocycles. The predicted molar refractivity (Wildman–Crippen MR) is 68.0 cm³/mol. The van der Waals surface area contributed by atoms with Crippen molar-refractivity contribution in [3.63, 3.8) is 0 Å². The van der Waals surface area contributed by atoms with Gasteiger partial charge in [0.05, 0.1) is 13.2 Å². The fourth-order valence-electron chi connectivity index (χ4n) is 2.47. The first kappa shape index (κ1) is 18.4. The van der Waals surface area contributed by atoms with Crippen LogP contribution in [0, 0.1) is 0 Å². The Balaban J connectivity index is 2.05. The van der Waals surface area contributed by atoms with E-state index in [4.69, 9.17) is 24.4 Å². The van der Waals surface area contributed by atoms with Gasteiger partial charge in [0, 0.05) is 0 Å². The Kier molecular flexibility index (Phi) is 5.89. The number of ether oxygens (including phenoxy) is 3. The summed E-state index contributed by atoms with van der Waals surface area (Å²) < 4.78 is 15.2. The second-order valence-electron chi connectivity index (χ2n) is 5.45. The summed E-state index contributed by atoms with van der Waals surface area (Å²) in [6, 6.07) is 0. The molecule has 2 rings (SSSR count). The van der Waals surface area contributed by atoms with E-state index in [2.05, 4.69) is 0 Å². The van der Waals surface area contributed by atoms with E-state index in [0.717, 1.165) is 0 Å². The maximum Gasteiger partial charge on any atom is 0.335 e. The predicted octanol–water partition coefficient (Wildman–Crippen LogP) is -4.62. The first-order valence-corrected chi connectivity index (χ1v) is 6.94. The fraction of sp³-hybridized carbons (Fsp3) is 0.917. The Hall–Kier alpha value is -0.890. The molecule has 9 atom stereocenters. The number of carbonyl (C=O) groups is 1. The number of hydrogen-bond acceptors (Lipinski definition) is 10. The smallest absolute Gasteiger partial charge is 0.335 e. The highest BCUT2D eigenvalue weighted by Crippen LogP contribution is 2.26. The van der Waals surface area contributed by atoms with Crippen LogP contribution in [-0.2, 0) is 19.0 Å². The molecular formula is C12H20O11. The zero-order valence-electron chi connectivity index (χ0n) is 11.9. The largest absolute Gasteiger partial charge is 0.479 e. The number of aliphatic carboxylic acids is 1. The van der Waals surface area contributed by atoms with Gasteiger partial charge >= 0.3 is 5.97 Å². The van der Waals surface area contributed by atoms with Gasteiger partial charge in [-0.3, -0.25) is 0 Å². The second kappa shape index (κ2) is 7.34. The van der Waals surface area contributed by atoms with Gasteiger partial charge in [0.25, 0.3) is 0 Å². The van der Waals surface area contributed by atoms with Gasteiger partial charge in [-0.2, -0.15) is 0 Å². The summed E-state index contributed by atoms with van der Waals surface area (Å²) in [6.07, 6.45) is -14.2. The zero-order valence-corrected chi connectivity index (χ0v) is 11.9. The molecule has 11 heteroatoms. The minimum Gasteiger partial charge on any atom is -0.479 e. The van der Waals surface area contributed by atoms with Crippen molar-refractivity contribution in [2.24, 2.45) is 0 Å². The average Bonchev–Trinajstić information content (AvgIpc) is 2.52. The Bertz CT molecular complexity index is 418. The molecule has 23 heavy (non-hydrogen) atoms. The van der Waals surface area contributed by atoms with Crippen LogP contribution in [0.1, 0.15) is 0 Å². The zero-order chi connectivity index (χ0) is 17.3. The lowest BCUT2D eigenvalue weighted by molar-refractivity contribution is -0.325. The summed E-state index contributed by atoms with van der Waals surface area (Å²) in [5.41, 5.74) is 0. The number of aliphatic hydroxyl groups is 6. The van der Waals surface area contributed by atoms with Crippen LogP contribution in [0.25, 0.3) is 0 Å². The van der Waals surface area contributed by atoms with Crippen molar-refractivity contribution in [1.82, 2.24) is 0 Å². The summed E-state index contributed by atoms with van der Waals surface area (Å²) >= 11 is 0. The standard InChI is InChI=1S/C12H20O11/c13-1-3-5(14)6(15)4(2-21-3)22-12-9(18)7(16)8(17)10(23-12)11(19)20/h3-10,12-18H,1-2H2,(H,19,20)/t3-,4-,5-,6-,7+,8+,9-,10+,12+/m1/s1. The topological polar surface area (TPSA) is 186 Å². The van der Waals surface area contributed by atoms with Gasteiger partial charge < -0.3 is 50.0 Å². The molecule has 0 aromatic carbocycles. The van der Waals surface area contributed by atoms with E-state index in [1.54, 1.807) is 0 Å². The quantitative estimate of drug-likeness (QED) is 0.261. The number of hydrogen-bond donors (Lipinski definition) is 7. The number of rotatable bonds is 4. The minimum atomic E-state index is -1.86. The molecular weight excluding hydrogens is 320 g/mol. The van der Waals surface area contributed by atoms with Crippen LogP contribution in [-0.4, -0.2) is 110 Å². The minimum absolute atomic E-state index is 0.271. The fourth-order valence-corrected chi connectivity index (χ4v) is 2.47. The van der Waals surface area contributed by atoms with E-state index in [9.17, 15) is 30.3 Å². The van der Waals surface area contributed by atoms with Gasteiger partial charge in [-0.05, 0) is 0 Å². The lowest BCUT2D eigenvalue weighted by Crippen LogP contribution is -2.63. The van der Waals surface area contributed by atoms with Gasteiger partial charge in [-0.25, -0.2) is 4.79 Å². The third kappa shape index (κ3) is 3.63. The Morgan fingerprint density at radius 3 is 2.22 bits per heavy atom. The van der Waals surface area contributed by atoms with Gasteiger partial charge in [0.15, 0.2) is 12.4 Å². The third-order valence-corrected chi connectivity index (χ3v) is 3.89. The summed E-state index contributed by atoms with van der Waals surface area (Å²) in [7, 11) is 0. The summed E-state index contributed by atoms with van der Waals surface area (Å²) in [5.74, 6) is -1.57. The highest BCUT2D eigenvalue weighted by Gasteiger charge is 2.49. The van der Waals surface area contributed by atoms with Crippen LogP contribution in [0.3, 0.4) is 0 Å². The monoisotopic (exact) mass is 340 g/mol. The molecule has 0 aromatic rings. The molecule has 0 aliphatic carbocycles. The van der Waals surface area contributed by atoms with Crippen LogP contribution in [0.5, 0.6) is 0 Å². The Morgan fingerprint density at radius 2 is 1.65 bits per heavy atom. The highest BCUT2D eigenvalue weighted by atomic mass is 16.7. The van der Waals surface area contributed by atoms with Crippen LogP contribution in [0.2, 0.25) is 0 Å². The molecule has 2 fully saturated rings. The molecule has 134 valence electrons. The van der Waals surface area contributed by atoms with E-state index in [0.29, 0.717) is 0 Å². The molecule has 0 amide bonds. The van der Waals surface area contributed by atoms with Crippen LogP contribution in [0.15, 0.2) is 0 Å². The van der Waals surface area contributed by atoms with Crippen LogP contribution < -0.4 is 0 Å². The van der Waals surface area contributed by atoms with Crippen molar-refractivity contribution in [3.05, 3.63) is 0 Å². The van der Waals surface area contributed by atoms with E-state index in [-0.39, 0.29) is 6.61 Å². The number of carboxylic acids is 1. The molecule has 2 saturated heterocycles. The summed E-state index contributed by atoms with van der Waals surface area (Å²) in [4.78, 5) is 11.0. The van der Waals surface area contributed by atoms with Crippen molar-refractivity contribution in [1.29, 1.82) is 0 Å². The van der Waals surface area contributed by atoms with E-state index in [1.165, 1.54) is 0 Å². The van der Waals surface area contributed by atoms with Crippen molar-refractivity contribution in [2.75, 3.05) is 13.2 Å². The van der Waals surface area contributed by atoms with Gasteiger partial charge in [0.1, 0.15) is 42.7 Å². The van der Waals surface area contributed by atoms with E-state index in [1.807, 2.05) is 0 Å².